The summed E-state index contributed by atoms with van der Waals surface area (Å²) < 4.78 is 1.95. The molecule has 2 heterocycles. The number of imidazole rings is 1. The standard InChI is InChI=1S/C13H16N2OS/c1-9-2-3-12-11(8-9)14-13(16)15(12)10-4-6-17-7-5-10/h2-3,8,10H,4-7H2,1H3,(H,14,16). The van der Waals surface area contributed by atoms with Gasteiger partial charge >= 0.3 is 5.69 Å². The SMILES string of the molecule is Cc1ccc2c(c1)[nH]c(=O)n2C1CCSCC1. The van der Waals surface area contributed by atoms with Crippen molar-refractivity contribution in [1.82, 2.24) is 9.55 Å². The van der Waals surface area contributed by atoms with Crippen LogP contribution in [0.5, 0.6) is 0 Å². The van der Waals surface area contributed by atoms with Crippen molar-refractivity contribution < 1.29 is 0 Å². The molecule has 1 N–H and O–H groups in total. The Kier molecular flexibility index (Phi) is 2.74. The van der Waals surface area contributed by atoms with Gasteiger partial charge in [0.25, 0.3) is 0 Å². The van der Waals surface area contributed by atoms with Crippen molar-refractivity contribution in [1.29, 1.82) is 0 Å². The van der Waals surface area contributed by atoms with E-state index in [0.717, 1.165) is 35.4 Å². The molecule has 0 saturated carbocycles. The van der Waals surface area contributed by atoms with Crippen LogP contribution in [0.3, 0.4) is 0 Å². The molecule has 1 aromatic carbocycles. The van der Waals surface area contributed by atoms with Crippen LogP contribution in [0.4, 0.5) is 0 Å². The monoisotopic (exact) mass is 248 g/mol. The molecule has 1 fully saturated rings. The van der Waals surface area contributed by atoms with Gasteiger partial charge < -0.3 is 4.98 Å². The Labute approximate surface area is 104 Å². The van der Waals surface area contributed by atoms with Crippen LogP contribution in [0.1, 0.15) is 24.4 Å². The highest BCUT2D eigenvalue weighted by atomic mass is 32.2. The largest absolute Gasteiger partial charge is 0.326 e. The fourth-order valence-electron chi connectivity index (χ4n) is 2.55. The van der Waals surface area contributed by atoms with E-state index in [-0.39, 0.29) is 5.69 Å². The molecule has 3 nitrogen and oxygen atoms in total. The Morgan fingerprint density at radius 2 is 2.12 bits per heavy atom. The molecule has 0 unspecified atom stereocenters. The minimum Gasteiger partial charge on any atom is -0.306 e. The van der Waals surface area contributed by atoms with E-state index in [1.807, 2.05) is 29.3 Å². The van der Waals surface area contributed by atoms with Gasteiger partial charge in [-0.05, 0) is 49.0 Å². The Balaban J connectivity index is 2.14. The van der Waals surface area contributed by atoms with Gasteiger partial charge in [-0.3, -0.25) is 4.57 Å². The normalized spacial score (nSPS) is 17.7. The zero-order valence-corrected chi connectivity index (χ0v) is 10.7. The molecule has 3 rings (SSSR count). The molecule has 1 saturated heterocycles. The molecule has 4 heteroatoms. The highest BCUT2D eigenvalue weighted by Gasteiger charge is 2.19. The fraction of sp³-hybridized carbons (Fsp3) is 0.462. The third kappa shape index (κ3) is 1.90. The molecule has 0 radical (unpaired) electrons. The summed E-state index contributed by atoms with van der Waals surface area (Å²) >= 11 is 1.98. The number of H-pyrrole nitrogens is 1. The summed E-state index contributed by atoms with van der Waals surface area (Å²) in [5.74, 6) is 2.32. The number of aromatic nitrogens is 2. The Morgan fingerprint density at radius 3 is 2.88 bits per heavy atom. The van der Waals surface area contributed by atoms with Crippen molar-refractivity contribution in [3.05, 3.63) is 34.2 Å². The zero-order valence-electron chi connectivity index (χ0n) is 9.90. The second-order valence-electron chi connectivity index (χ2n) is 4.66. The van der Waals surface area contributed by atoms with E-state index in [0.29, 0.717) is 6.04 Å². The average Bonchev–Trinajstić information content (AvgIpc) is 2.65. The maximum atomic E-state index is 12.0. The predicted octanol–water partition coefficient (Wildman–Crippen LogP) is 2.71. The van der Waals surface area contributed by atoms with Gasteiger partial charge in [-0.1, -0.05) is 6.07 Å². The van der Waals surface area contributed by atoms with Crippen LogP contribution in [-0.2, 0) is 0 Å². The van der Waals surface area contributed by atoms with Crippen molar-refractivity contribution in [2.24, 2.45) is 0 Å². The lowest BCUT2D eigenvalue weighted by Crippen LogP contribution is -2.25. The molecule has 0 aliphatic carbocycles. The third-order valence-electron chi connectivity index (χ3n) is 3.43. The molecule has 1 aliphatic rings. The number of hydrogen-bond donors (Lipinski definition) is 1. The van der Waals surface area contributed by atoms with Crippen molar-refractivity contribution in [2.75, 3.05) is 11.5 Å². The number of aryl methyl sites for hydroxylation is 1. The lowest BCUT2D eigenvalue weighted by atomic mass is 10.1. The number of benzene rings is 1. The molecule has 0 bridgehead atoms. The van der Waals surface area contributed by atoms with Gasteiger partial charge in [0.2, 0.25) is 0 Å². The fourth-order valence-corrected chi connectivity index (χ4v) is 3.63. The van der Waals surface area contributed by atoms with Crippen LogP contribution in [0.15, 0.2) is 23.0 Å². The first-order valence-corrected chi connectivity index (χ1v) is 7.20. The highest BCUT2D eigenvalue weighted by Crippen LogP contribution is 2.28. The predicted molar refractivity (Wildman–Crippen MR) is 72.9 cm³/mol. The second-order valence-corrected chi connectivity index (χ2v) is 5.89. The zero-order chi connectivity index (χ0) is 11.8. The number of thioether (sulfide) groups is 1. The van der Waals surface area contributed by atoms with Crippen molar-refractivity contribution in [3.63, 3.8) is 0 Å². The summed E-state index contributed by atoms with van der Waals surface area (Å²) in [7, 11) is 0. The quantitative estimate of drug-likeness (QED) is 0.842. The summed E-state index contributed by atoms with van der Waals surface area (Å²) in [6.45, 7) is 2.05. The summed E-state index contributed by atoms with van der Waals surface area (Å²) in [4.78, 5) is 15.0. The van der Waals surface area contributed by atoms with Crippen LogP contribution in [0.2, 0.25) is 0 Å². The Bertz CT molecular complexity index is 593. The first kappa shape index (κ1) is 11.0. The van der Waals surface area contributed by atoms with Crippen LogP contribution >= 0.6 is 11.8 Å². The Hall–Kier alpha value is -1.16. The topological polar surface area (TPSA) is 37.8 Å². The van der Waals surface area contributed by atoms with Gasteiger partial charge in [0, 0.05) is 6.04 Å². The maximum absolute atomic E-state index is 12.0. The maximum Gasteiger partial charge on any atom is 0.326 e. The van der Waals surface area contributed by atoms with E-state index in [1.165, 1.54) is 5.56 Å². The minimum absolute atomic E-state index is 0.0440. The second kappa shape index (κ2) is 4.26. The molecule has 90 valence electrons. The van der Waals surface area contributed by atoms with E-state index in [1.54, 1.807) is 0 Å². The van der Waals surface area contributed by atoms with E-state index in [9.17, 15) is 4.79 Å². The summed E-state index contributed by atoms with van der Waals surface area (Å²) in [5.41, 5.74) is 3.25. The van der Waals surface area contributed by atoms with Crippen LogP contribution < -0.4 is 5.69 Å². The molecule has 2 aromatic rings. The van der Waals surface area contributed by atoms with Crippen molar-refractivity contribution in [3.8, 4) is 0 Å². The number of fused-ring (bicyclic) bond motifs is 1. The van der Waals surface area contributed by atoms with Crippen LogP contribution in [0.25, 0.3) is 11.0 Å². The van der Waals surface area contributed by atoms with Gasteiger partial charge in [0.1, 0.15) is 0 Å². The molecular formula is C13H16N2OS. The van der Waals surface area contributed by atoms with Gasteiger partial charge in [0.05, 0.1) is 11.0 Å². The molecule has 1 aromatic heterocycles. The third-order valence-corrected chi connectivity index (χ3v) is 4.48. The van der Waals surface area contributed by atoms with E-state index in [2.05, 4.69) is 17.1 Å². The lowest BCUT2D eigenvalue weighted by Gasteiger charge is -2.22. The molecule has 17 heavy (non-hydrogen) atoms. The molecule has 0 amide bonds. The van der Waals surface area contributed by atoms with Gasteiger partial charge in [-0.15, -0.1) is 0 Å². The first-order valence-electron chi connectivity index (χ1n) is 6.04. The highest BCUT2D eigenvalue weighted by molar-refractivity contribution is 7.99. The number of hydrogen-bond acceptors (Lipinski definition) is 2. The van der Waals surface area contributed by atoms with Gasteiger partial charge in [0.15, 0.2) is 0 Å². The summed E-state index contributed by atoms with van der Waals surface area (Å²) in [6, 6.07) is 6.55. The van der Waals surface area contributed by atoms with E-state index in [4.69, 9.17) is 0 Å². The summed E-state index contributed by atoms with van der Waals surface area (Å²) in [6.07, 6.45) is 2.21. The number of nitrogens with zero attached hydrogens (tertiary/aromatic N) is 1. The van der Waals surface area contributed by atoms with Crippen molar-refractivity contribution >= 4 is 22.8 Å². The van der Waals surface area contributed by atoms with Crippen LogP contribution in [-0.4, -0.2) is 21.1 Å². The van der Waals surface area contributed by atoms with E-state index < -0.39 is 0 Å². The number of rotatable bonds is 1. The molecular weight excluding hydrogens is 232 g/mol. The van der Waals surface area contributed by atoms with Gasteiger partial charge in [-0.2, -0.15) is 11.8 Å². The van der Waals surface area contributed by atoms with Gasteiger partial charge in [-0.25, -0.2) is 4.79 Å². The number of nitrogens with one attached hydrogen (secondary N) is 1. The number of aromatic amines is 1. The average molecular weight is 248 g/mol. The minimum atomic E-state index is 0.0440. The molecule has 1 aliphatic heterocycles. The smallest absolute Gasteiger partial charge is 0.306 e. The van der Waals surface area contributed by atoms with Crippen LogP contribution in [0, 0.1) is 6.92 Å². The summed E-state index contributed by atoms with van der Waals surface area (Å²) in [5, 5.41) is 0. The van der Waals surface area contributed by atoms with Crippen molar-refractivity contribution in [2.45, 2.75) is 25.8 Å². The van der Waals surface area contributed by atoms with E-state index >= 15 is 0 Å². The molecule has 0 atom stereocenters. The lowest BCUT2D eigenvalue weighted by molar-refractivity contribution is 0.469. The Morgan fingerprint density at radius 1 is 1.35 bits per heavy atom. The first-order chi connectivity index (χ1) is 8.25. The molecule has 0 spiro atoms.